The van der Waals surface area contributed by atoms with Crippen LogP contribution in [0.15, 0.2) is 47.4 Å². The number of rotatable bonds is 4. The first-order chi connectivity index (χ1) is 15.3. The quantitative estimate of drug-likeness (QED) is 0.737. The van der Waals surface area contributed by atoms with Crippen molar-refractivity contribution in [1.29, 1.82) is 0 Å². The average molecular weight is 456 g/mol. The Bertz CT molecular complexity index is 1110. The Balaban J connectivity index is 1.45. The highest BCUT2D eigenvalue weighted by Gasteiger charge is 2.25. The molecule has 0 saturated heterocycles. The van der Waals surface area contributed by atoms with E-state index in [0.717, 1.165) is 48.8 Å². The van der Waals surface area contributed by atoms with E-state index in [1.807, 2.05) is 31.2 Å². The van der Waals surface area contributed by atoms with Crippen LogP contribution >= 0.6 is 0 Å². The maximum atomic E-state index is 12.9. The van der Waals surface area contributed by atoms with Crippen LogP contribution in [0.3, 0.4) is 0 Å². The second-order valence-corrected chi connectivity index (χ2v) is 10.4. The second-order valence-electron chi connectivity index (χ2n) is 8.69. The lowest BCUT2D eigenvalue weighted by molar-refractivity contribution is 0.0734. The van der Waals surface area contributed by atoms with Gasteiger partial charge in [-0.25, -0.2) is 17.9 Å². The smallest absolute Gasteiger partial charge is 0.328 e. The van der Waals surface area contributed by atoms with Gasteiger partial charge in [0.2, 0.25) is 0 Å². The number of fused-ring (bicyclic) bond motifs is 1. The number of hydrogen-bond donors (Lipinski definition) is 2. The van der Waals surface area contributed by atoms with E-state index in [-0.39, 0.29) is 16.8 Å². The van der Waals surface area contributed by atoms with E-state index in [1.165, 1.54) is 6.07 Å². The van der Waals surface area contributed by atoms with Crippen molar-refractivity contribution in [2.24, 2.45) is 0 Å². The molecule has 0 radical (unpaired) electrons. The van der Waals surface area contributed by atoms with E-state index in [0.29, 0.717) is 25.1 Å². The van der Waals surface area contributed by atoms with E-state index in [2.05, 4.69) is 10.0 Å². The molecule has 170 valence electrons. The third kappa shape index (κ3) is 5.12. The van der Waals surface area contributed by atoms with Gasteiger partial charge >= 0.3 is 6.03 Å². The number of amides is 3. The number of nitrogens with zero attached hydrogens (tertiary/aromatic N) is 1. The Morgan fingerprint density at radius 1 is 0.969 bits per heavy atom. The lowest BCUT2D eigenvalue weighted by Crippen LogP contribution is -2.45. The fraction of sp³-hybridized carbons (Fsp3) is 0.417. The van der Waals surface area contributed by atoms with Crippen LogP contribution in [-0.4, -0.2) is 37.8 Å². The maximum Gasteiger partial charge on any atom is 0.328 e. The zero-order valence-corrected chi connectivity index (χ0v) is 19.1. The fourth-order valence-corrected chi connectivity index (χ4v) is 5.36. The summed E-state index contributed by atoms with van der Waals surface area (Å²) in [5.74, 6) is -0.0751. The predicted octanol–water partition coefficient (Wildman–Crippen LogP) is 3.51. The molecule has 1 fully saturated rings. The summed E-state index contributed by atoms with van der Waals surface area (Å²) in [6.07, 6.45) is 5.63. The van der Waals surface area contributed by atoms with Gasteiger partial charge in [0.25, 0.3) is 15.9 Å². The van der Waals surface area contributed by atoms with E-state index >= 15 is 0 Å². The zero-order chi connectivity index (χ0) is 22.7. The lowest BCUT2D eigenvalue weighted by Gasteiger charge is -2.29. The van der Waals surface area contributed by atoms with Crippen LogP contribution in [0, 0.1) is 6.92 Å². The minimum absolute atomic E-state index is 0.0174. The summed E-state index contributed by atoms with van der Waals surface area (Å²) in [5, 5.41) is 2.77. The van der Waals surface area contributed by atoms with Gasteiger partial charge < -0.3 is 10.2 Å². The van der Waals surface area contributed by atoms with Crippen LogP contribution in [0.2, 0.25) is 0 Å². The molecule has 2 aromatic rings. The van der Waals surface area contributed by atoms with Crippen LogP contribution < -0.4 is 10.0 Å². The van der Waals surface area contributed by atoms with Crippen molar-refractivity contribution in [3.05, 3.63) is 64.7 Å². The molecule has 4 rings (SSSR count). The lowest BCUT2D eigenvalue weighted by atomic mass is 9.96. The molecular weight excluding hydrogens is 426 g/mol. The second kappa shape index (κ2) is 9.32. The number of nitrogens with one attached hydrogen (secondary N) is 2. The molecule has 1 heterocycles. The van der Waals surface area contributed by atoms with Gasteiger partial charge in [-0.2, -0.15) is 0 Å². The number of carbonyl (C=O) groups is 2. The molecule has 0 unspecified atom stereocenters. The molecule has 0 bridgehead atoms. The zero-order valence-electron chi connectivity index (χ0n) is 18.3. The van der Waals surface area contributed by atoms with Crippen molar-refractivity contribution >= 4 is 22.0 Å². The number of hydrogen-bond acceptors (Lipinski definition) is 4. The van der Waals surface area contributed by atoms with Crippen LogP contribution in [-0.2, 0) is 23.0 Å². The number of sulfonamides is 1. The minimum atomic E-state index is -4.00. The Kier molecular flexibility index (Phi) is 6.50. The molecule has 2 N–H and O–H groups in total. The van der Waals surface area contributed by atoms with Gasteiger partial charge in [0.1, 0.15) is 0 Å². The molecule has 2 aromatic carbocycles. The van der Waals surface area contributed by atoms with Crippen molar-refractivity contribution in [2.75, 3.05) is 6.54 Å². The summed E-state index contributed by atoms with van der Waals surface area (Å²) in [4.78, 5) is 26.9. The Morgan fingerprint density at radius 2 is 1.69 bits per heavy atom. The normalized spacial score (nSPS) is 16.8. The SMILES string of the molecule is Cc1ccc(C(=O)N2CCc3ccc(S(=O)(=O)NC(=O)NC4CCCCC4)cc3C2)cc1. The molecule has 1 saturated carbocycles. The molecule has 2 aliphatic rings. The average Bonchev–Trinajstić information content (AvgIpc) is 2.78. The summed E-state index contributed by atoms with van der Waals surface area (Å²) >= 11 is 0. The summed E-state index contributed by atoms with van der Waals surface area (Å²) in [6, 6.07) is 11.6. The van der Waals surface area contributed by atoms with Gasteiger partial charge in [0, 0.05) is 24.7 Å². The Morgan fingerprint density at radius 3 is 2.41 bits per heavy atom. The van der Waals surface area contributed by atoms with E-state index in [9.17, 15) is 18.0 Å². The molecule has 7 nitrogen and oxygen atoms in total. The fourth-order valence-electron chi connectivity index (χ4n) is 4.40. The molecule has 32 heavy (non-hydrogen) atoms. The summed E-state index contributed by atoms with van der Waals surface area (Å²) in [5.41, 5.74) is 3.50. The van der Waals surface area contributed by atoms with Gasteiger partial charge in [-0.05, 0) is 61.6 Å². The van der Waals surface area contributed by atoms with Crippen molar-refractivity contribution in [1.82, 2.24) is 14.9 Å². The largest absolute Gasteiger partial charge is 0.335 e. The third-order valence-corrected chi connectivity index (χ3v) is 7.58. The van der Waals surface area contributed by atoms with Gasteiger partial charge in [-0.15, -0.1) is 0 Å². The number of urea groups is 1. The van der Waals surface area contributed by atoms with Crippen LogP contribution in [0.5, 0.6) is 0 Å². The van der Waals surface area contributed by atoms with Crippen molar-refractivity contribution in [3.63, 3.8) is 0 Å². The Hall–Kier alpha value is -2.87. The van der Waals surface area contributed by atoms with E-state index in [4.69, 9.17) is 0 Å². The van der Waals surface area contributed by atoms with E-state index < -0.39 is 16.1 Å². The molecule has 3 amide bonds. The van der Waals surface area contributed by atoms with Crippen LogP contribution in [0.25, 0.3) is 0 Å². The Labute approximate surface area is 189 Å². The third-order valence-electron chi connectivity index (χ3n) is 6.25. The topological polar surface area (TPSA) is 95.6 Å². The highest BCUT2D eigenvalue weighted by molar-refractivity contribution is 7.90. The standard InChI is InChI=1S/C24H29N3O4S/c1-17-7-9-19(10-8-17)23(28)27-14-13-18-11-12-22(15-20(18)16-27)32(30,31)26-24(29)25-21-5-3-2-4-6-21/h7-12,15,21H,2-6,13-14,16H2,1H3,(H2,25,26,29). The molecule has 0 atom stereocenters. The molecular formula is C24H29N3O4S. The van der Waals surface area contributed by atoms with Gasteiger partial charge in [-0.1, -0.05) is 43.0 Å². The van der Waals surface area contributed by atoms with E-state index in [1.54, 1.807) is 17.0 Å². The highest BCUT2D eigenvalue weighted by Crippen LogP contribution is 2.24. The van der Waals surface area contributed by atoms with Gasteiger partial charge in [0.15, 0.2) is 0 Å². The molecule has 0 spiro atoms. The van der Waals surface area contributed by atoms with Gasteiger partial charge in [0.05, 0.1) is 4.90 Å². The molecule has 0 aromatic heterocycles. The predicted molar refractivity (Wildman–Crippen MR) is 122 cm³/mol. The van der Waals surface area contributed by atoms with Crippen molar-refractivity contribution in [2.45, 2.75) is 62.9 Å². The summed E-state index contributed by atoms with van der Waals surface area (Å²) in [7, 11) is -4.00. The van der Waals surface area contributed by atoms with Crippen molar-refractivity contribution in [3.8, 4) is 0 Å². The molecule has 1 aliphatic carbocycles. The first kappa shape index (κ1) is 22.3. The van der Waals surface area contributed by atoms with Crippen LogP contribution in [0.1, 0.15) is 59.2 Å². The minimum Gasteiger partial charge on any atom is -0.335 e. The van der Waals surface area contributed by atoms with Crippen LogP contribution in [0.4, 0.5) is 4.79 Å². The first-order valence-corrected chi connectivity index (χ1v) is 12.6. The molecule has 1 aliphatic heterocycles. The summed E-state index contributed by atoms with van der Waals surface area (Å²) < 4.78 is 27.7. The maximum absolute atomic E-state index is 12.9. The van der Waals surface area contributed by atoms with Crippen molar-refractivity contribution < 1.29 is 18.0 Å². The highest BCUT2D eigenvalue weighted by atomic mass is 32.2. The first-order valence-electron chi connectivity index (χ1n) is 11.1. The number of carbonyl (C=O) groups excluding carboxylic acids is 2. The van der Waals surface area contributed by atoms with Gasteiger partial charge in [-0.3, -0.25) is 4.79 Å². The monoisotopic (exact) mass is 455 g/mol. The number of benzene rings is 2. The molecule has 8 heteroatoms. The summed E-state index contributed by atoms with van der Waals surface area (Å²) in [6.45, 7) is 2.88. The number of aryl methyl sites for hydroxylation is 1.